The highest BCUT2D eigenvalue weighted by Gasteiger charge is 2.38. The van der Waals surface area contributed by atoms with Crippen LogP contribution in [0.5, 0.6) is 0 Å². The first kappa shape index (κ1) is 11.4. The van der Waals surface area contributed by atoms with Crippen LogP contribution in [0.2, 0.25) is 0 Å². The third-order valence-corrected chi connectivity index (χ3v) is 3.89. The number of allylic oxidation sites excluding steroid dienone is 3. The summed E-state index contributed by atoms with van der Waals surface area (Å²) in [6.45, 7) is 4.91. The van der Waals surface area contributed by atoms with Gasteiger partial charge < -0.3 is 5.32 Å². The van der Waals surface area contributed by atoms with Crippen LogP contribution in [-0.4, -0.2) is 12.5 Å². The van der Waals surface area contributed by atoms with E-state index in [0.29, 0.717) is 6.54 Å². The highest BCUT2D eigenvalue weighted by molar-refractivity contribution is 5.87. The highest BCUT2D eigenvalue weighted by atomic mass is 16.1. The molecule has 0 aromatic heterocycles. The molecule has 2 aliphatic carbocycles. The Morgan fingerprint density at radius 3 is 2.94 bits per heavy atom. The second-order valence-corrected chi connectivity index (χ2v) is 4.90. The predicted octanol–water partition coefficient (Wildman–Crippen LogP) is 2.67. The van der Waals surface area contributed by atoms with Crippen LogP contribution in [0.3, 0.4) is 0 Å². The van der Waals surface area contributed by atoms with Gasteiger partial charge >= 0.3 is 0 Å². The van der Waals surface area contributed by atoms with Crippen molar-refractivity contribution in [1.82, 2.24) is 5.32 Å². The smallest absolute Gasteiger partial charge is 0.243 e. The van der Waals surface area contributed by atoms with Crippen LogP contribution in [-0.2, 0) is 4.79 Å². The molecule has 0 aromatic rings. The fourth-order valence-electron chi connectivity index (χ4n) is 3.14. The number of carbonyl (C=O) groups is 1. The van der Waals surface area contributed by atoms with Gasteiger partial charge in [0, 0.05) is 12.6 Å². The van der Waals surface area contributed by atoms with Crippen molar-refractivity contribution in [2.75, 3.05) is 6.54 Å². The van der Waals surface area contributed by atoms with Gasteiger partial charge in [-0.3, -0.25) is 4.79 Å². The average Bonchev–Trinajstić information content (AvgIpc) is 2.85. The molecule has 1 N–H and O–H groups in total. The first-order valence-corrected chi connectivity index (χ1v) is 6.42. The summed E-state index contributed by atoms with van der Waals surface area (Å²) in [5.41, 5.74) is 1.40. The zero-order valence-electron chi connectivity index (χ0n) is 10.2. The van der Waals surface area contributed by atoms with E-state index in [4.69, 9.17) is 0 Å². The number of nitrogens with one attached hydrogen (secondary N) is 1. The van der Waals surface area contributed by atoms with E-state index in [-0.39, 0.29) is 5.91 Å². The molecule has 3 atom stereocenters. The molecular weight excluding hydrogens is 198 g/mol. The molecule has 0 aromatic carbocycles. The number of rotatable bonds is 4. The molecule has 2 nitrogen and oxygen atoms in total. The Hall–Kier alpha value is -1.05. The zero-order chi connectivity index (χ0) is 11.5. The lowest BCUT2D eigenvalue weighted by molar-refractivity contribution is -0.116. The summed E-state index contributed by atoms with van der Waals surface area (Å²) in [6.07, 6.45) is 10.0. The normalized spacial score (nSPS) is 32.1. The van der Waals surface area contributed by atoms with E-state index in [0.717, 1.165) is 17.8 Å². The minimum Gasteiger partial charge on any atom is -0.353 e. The molecule has 1 fully saturated rings. The molecule has 0 aliphatic heterocycles. The minimum absolute atomic E-state index is 0.0271. The largest absolute Gasteiger partial charge is 0.353 e. The molecule has 16 heavy (non-hydrogen) atoms. The van der Waals surface area contributed by atoms with Gasteiger partial charge in [-0.25, -0.2) is 0 Å². The lowest BCUT2D eigenvalue weighted by Gasteiger charge is -2.20. The third kappa shape index (κ3) is 2.21. The quantitative estimate of drug-likeness (QED) is 0.724. The number of carbonyl (C=O) groups excluding carboxylic acids is 1. The number of fused-ring (bicyclic) bond motifs is 2. The molecule has 88 valence electrons. The van der Waals surface area contributed by atoms with Gasteiger partial charge in [0.15, 0.2) is 0 Å². The van der Waals surface area contributed by atoms with E-state index in [1.165, 1.54) is 24.8 Å². The third-order valence-electron chi connectivity index (χ3n) is 3.89. The molecule has 1 amide bonds. The standard InChI is InChI=1S/C14H21NO/c1-3-11-7-10-8-12(13(11)9-10)5-6-14(16)15-4-2/h5-6,8,10-11,13H,3-4,7,9H2,1-2H3,(H,15,16)/b6-5+. The van der Waals surface area contributed by atoms with Gasteiger partial charge in [-0.05, 0) is 43.1 Å². The Kier molecular flexibility index (Phi) is 3.47. The van der Waals surface area contributed by atoms with Crippen LogP contribution < -0.4 is 5.32 Å². The van der Waals surface area contributed by atoms with Crippen molar-refractivity contribution in [2.24, 2.45) is 17.8 Å². The van der Waals surface area contributed by atoms with Crippen LogP contribution in [0.15, 0.2) is 23.8 Å². The predicted molar refractivity (Wildman–Crippen MR) is 65.9 cm³/mol. The molecule has 0 radical (unpaired) electrons. The maximum absolute atomic E-state index is 11.3. The van der Waals surface area contributed by atoms with E-state index in [9.17, 15) is 4.79 Å². The van der Waals surface area contributed by atoms with Crippen molar-refractivity contribution in [3.8, 4) is 0 Å². The Bertz CT molecular complexity index is 330. The molecular formula is C14H21NO. The maximum Gasteiger partial charge on any atom is 0.243 e. The monoisotopic (exact) mass is 219 g/mol. The van der Waals surface area contributed by atoms with E-state index >= 15 is 0 Å². The molecule has 0 spiro atoms. The van der Waals surface area contributed by atoms with Crippen molar-refractivity contribution >= 4 is 5.91 Å². The summed E-state index contributed by atoms with van der Waals surface area (Å²) in [6, 6.07) is 0. The second kappa shape index (κ2) is 4.86. The lowest BCUT2D eigenvalue weighted by Crippen LogP contribution is -2.20. The van der Waals surface area contributed by atoms with E-state index in [2.05, 4.69) is 18.3 Å². The molecule has 2 rings (SSSR count). The van der Waals surface area contributed by atoms with Crippen LogP contribution in [0.4, 0.5) is 0 Å². The summed E-state index contributed by atoms with van der Waals surface area (Å²) in [4.78, 5) is 11.3. The molecule has 1 saturated carbocycles. The Balaban J connectivity index is 1.97. The van der Waals surface area contributed by atoms with Crippen LogP contribution in [0.1, 0.15) is 33.1 Å². The molecule has 0 saturated heterocycles. The van der Waals surface area contributed by atoms with E-state index in [1.54, 1.807) is 6.08 Å². The number of amides is 1. The van der Waals surface area contributed by atoms with Crippen molar-refractivity contribution in [3.63, 3.8) is 0 Å². The van der Waals surface area contributed by atoms with Gasteiger partial charge in [0.2, 0.25) is 5.91 Å². The molecule has 2 heteroatoms. The van der Waals surface area contributed by atoms with E-state index in [1.807, 2.05) is 13.0 Å². The van der Waals surface area contributed by atoms with Crippen LogP contribution in [0, 0.1) is 17.8 Å². The summed E-state index contributed by atoms with van der Waals surface area (Å²) in [7, 11) is 0. The fourth-order valence-corrected chi connectivity index (χ4v) is 3.14. The van der Waals surface area contributed by atoms with Crippen LogP contribution in [0.25, 0.3) is 0 Å². The van der Waals surface area contributed by atoms with E-state index < -0.39 is 0 Å². The van der Waals surface area contributed by atoms with Gasteiger partial charge in [-0.15, -0.1) is 0 Å². The summed E-state index contributed by atoms with van der Waals surface area (Å²) in [5, 5.41) is 2.79. The number of hydrogen-bond donors (Lipinski definition) is 1. The van der Waals surface area contributed by atoms with Crippen molar-refractivity contribution < 1.29 is 4.79 Å². The minimum atomic E-state index is 0.0271. The Labute approximate surface area is 97.8 Å². The first-order valence-electron chi connectivity index (χ1n) is 6.42. The molecule has 3 unspecified atom stereocenters. The van der Waals surface area contributed by atoms with Gasteiger partial charge in [-0.2, -0.15) is 0 Å². The molecule has 0 heterocycles. The van der Waals surface area contributed by atoms with Gasteiger partial charge in [0.05, 0.1) is 0 Å². The Morgan fingerprint density at radius 2 is 2.31 bits per heavy atom. The SMILES string of the molecule is CCNC(=O)/C=C/C1=CC2CC(CC)C1C2. The molecule has 2 bridgehead atoms. The first-order chi connectivity index (χ1) is 7.74. The second-order valence-electron chi connectivity index (χ2n) is 4.90. The summed E-state index contributed by atoms with van der Waals surface area (Å²) in [5.74, 6) is 2.38. The highest BCUT2D eigenvalue weighted by Crippen LogP contribution is 2.49. The van der Waals surface area contributed by atoms with Gasteiger partial charge in [0.25, 0.3) is 0 Å². The Morgan fingerprint density at radius 1 is 1.50 bits per heavy atom. The maximum atomic E-state index is 11.3. The molecule has 2 aliphatic rings. The summed E-state index contributed by atoms with van der Waals surface area (Å²) < 4.78 is 0. The number of likely N-dealkylation sites (N-methyl/N-ethyl adjacent to an activating group) is 1. The summed E-state index contributed by atoms with van der Waals surface area (Å²) >= 11 is 0. The zero-order valence-corrected chi connectivity index (χ0v) is 10.2. The van der Waals surface area contributed by atoms with Crippen molar-refractivity contribution in [1.29, 1.82) is 0 Å². The fraction of sp³-hybridized carbons (Fsp3) is 0.643. The van der Waals surface area contributed by atoms with Gasteiger partial charge in [0.1, 0.15) is 0 Å². The average molecular weight is 219 g/mol. The van der Waals surface area contributed by atoms with Crippen LogP contribution >= 0.6 is 0 Å². The van der Waals surface area contributed by atoms with Crippen molar-refractivity contribution in [2.45, 2.75) is 33.1 Å². The van der Waals surface area contributed by atoms with Gasteiger partial charge in [-0.1, -0.05) is 25.5 Å². The number of hydrogen-bond acceptors (Lipinski definition) is 1. The van der Waals surface area contributed by atoms with Crippen molar-refractivity contribution in [3.05, 3.63) is 23.8 Å². The lowest BCUT2D eigenvalue weighted by atomic mass is 9.85. The topological polar surface area (TPSA) is 29.1 Å².